The Bertz CT molecular complexity index is 1980. The summed E-state index contributed by atoms with van der Waals surface area (Å²) in [7, 11) is 0. The van der Waals surface area contributed by atoms with Crippen LogP contribution >= 0.6 is 11.6 Å². The molecule has 7 rings (SSSR count). The largest absolute Gasteiger partial charge is 0.374 e. The molecule has 2 aromatic heterocycles. The molecule has 1 aliphatic heterocycles. The maximum Gasteiger partial charge on any atom is 0.167 e. The van der Waals surface area contributed by atoms with Gasteiger partial charge in [0.25, 0.3) is 0 Å². The SMILES string of the molecule is C=C1[C@H](n2cnc3c(Cl)ncnc32)O[C@H](COCc2ccccc2)[C@H](OCc2ccccc2)[C@H](OCc2ccccc2)[C@H]1OCc1ccccc1. The summed E-state index contributed by atoms with van der Waals surface area (Å²) in [5.74, 6) is 0. The van der Waals surface area contributed by atoms with Crippen LogP contribution in [0.2, 0.25) is 5.15 Å². The molecule has 1 aliphatic rings. The predicted molar refractivity (Wildman–Crippen MR) is 195 cm³/mol. The summed E-state index contributed by atoms with van der Waals surface area (Å²) in [6.07, 6.45) is -0.381. The molecule has 4 aromatic carbocycles. The predicted octanol–water partition coefficient (Wildman–Crippen LogP) is 7.91. The summed E-state index contributed by atoms with van der Waals surface area (Å²) in [5, 5.41) is 0.241. The van der Waals surface area contributed by atoms with E-state index in [4.69, 9.17) is 35.3 Å². The fourth-order valence-corrected chi connectivity index (χ4v) is 6.36. The van der Waals surface area contributed by atoms with Crippen molar-refractivity contribution in [2.75, 3.05) is 6.61 Å². The molecule has 0 bridgehead atoms. The van der Waals surface area contributed by atoms with Gasteiger partial charge in [-0.15, -0.1) is 0 Å². The van der Waals surface area contributed by atoms with E-state index in [0.29, 0.717) is 43.2 Å². The Morgan fingerprint density at radius 3 is 1.71 bits per heavy atom. The van der Waals surface area contributed by atoms with Gasteiger partial charge in [-0.25, -0.2) is 15.0 Å². The molecule has 9 nitrogen and oxygen atoms in total. The highest BCUT2D eigenvalue weighted by atomic mass is 35.5. The highest BCUT2D eigenvalue weighted by molar-refractivity contribution is 6.33. The minimum atomic E-state index is -0.791. The van der Waals surface area contributed by atoms with Crippen molar-refractivity contribution in [3.63, 3.8) is 0 Å². The Kier molecular flexibility index (Phi) is 11.6. The van der Waals surface area contributed by atoms with Gasteiger partial charge >= 0.3 is 0 Å². The number of nitrogens with zero attached hydrogens (tertiary/aromatic N) is 4. The van der Waals surface area contributed by atoms with Crippen LogP contribution in [-0.4, -0.2) is 50.5 Å². The molecular formula is C41H39ClN4O5. The highest BCUT2D eigenvalue weighted by Gasteiger charge is 2.46. The van der Waals surface area contributed by atoms with E-state index < -0.39 is 30.6 Å². The van der Waals surface area contributed by atoms with Crippen LogP contribution in [0, 0.1) is 0 Å². The first kappa shape index (κ1) is 34.7. The van der Waals surface area contributed by atoms with Gasteiger partial charge in [0.15, 0.2) is 17.0 Å². The molecule has 0 N–H and O–H groups in total. The van der Waals surface area contributed by atoms with Gasteiger partial charge in [0.1, 0.15) is 36.3 Å². The molecule has 6 aromatic rings. The fourth-order valence-electron chi connectivity index (χ4n) is 6.19. The van der Waals surface area contributed by atoms with Crippen LogP contribution in [0.4, 0.5) is 0 Å². The second-order valence-corrected chi connectivity index (χ2v) is 12.7. The lowest BCUT2D eigenvalue weighted by Gasteiger charge is -2.34. The van der Waals surface area contributed by atoms with Crippen LogP contribution in [-0.2, 0) is 50.1 Å². The lowest BCUT2D eigenvalue weighted by molar-refractivity contribution is -0.184. The Morgan fingerprint density at radius 1 is 0.627 bits per heavy atom. The number of ether oxygens (including phenoxy) is 5. The van der Waals surface area contributed by atoms with E-state index in [0.717, 1.165) is 22.3 Å². The lowest BCUT2D eigenvalue weighted by Crippen LogP contribution is -2.49. The first-order valence-electron chi connectivity index (χ1n) is 16.9. The summed E-state index contributed by atoms with van der Waals surface area (Å²) in [5.41, 5.74) is 5.63. The normalized spacial score (nSPS) is 20.7. The molecule has 1 fully saturated rings. The second-order valence-electron chi connectivity index (χ2n) is 12.3. The van der Waals surface area contributed by atoms with Crippen LogP contribution in [0.3, 0.4) is 0 Å². The molecular weight excluding hydrogens is 664 g/mol. The minimum absolute atomic E-state index is 0.192. The maximum atomic E-state index is 7.03. The monoisotopic (exact) mass is 702 g/mol. The number of benzene rings is 4. The van der Waals surface area contributed by atoms with Gasteiger partial charge in [0.2, 0.25) is 0 Å². The highest BCUT2D eigenvalue weighted by Crippen LogP contribution is 2.38. The Labute approximate surface area is 302 Å². The molecule has 5 atom stereocenters. The van der Waals surface area contributed by atoms with Crippen molar-refractivity contribution in [2.24, 2.45) is 0 Å². The standard InChI is InChI=1S/C41H39ClN4O5/c1-29-36(48-23-31-16-8-3-9-17-31)38(50-25-33-20-12-5-13-21-33)37(49-24-32-18-10-4-11-19-32)34(26-47-22-30-14-6-2-7-15-30)51-41(29)46-28-45-35-39(42)43-27-44-40(35)46/h2-21,27-28,34,36-38,41H,1,22-26H2/t34-,36+,37+,38-,41-/m1/s1. The van der Waals surface area contributed by atoms with Gasteiger partial charge < -0.3 is 23.7 Å². The van der Waals surface area contributed by atoms with E-state index in [2.05, 4.69) is 21.5 Å². The van der Waals surface area contributed by atoms with Gasteiger partial charge in [-0.1, -0.05) is 140 Å². The summed E-state index contributed by atoms with van der Waals surface area (Å²) in [6, 6.07) is 40.1. The zero-order chi connectivity index (χ0) is 34.8. The van der Waals surface area contributed by atoms with E-state index in [1.807, 2.05) is 126 Å². The molecule has 0 aliphatic carbocycles. The van der Waals surface area contributed by atoms with Crippen LogP contribution in [0.15, 0.2) is 146 Å². The Morgan fingerprint density at radius 2 is 1.14 bits per heavy atom. The maximum absolute atomic E-state index is 7.03. The third-order valence-electron chi connectivity index (χ3n) is 8.78. The summed E-state index contributed by atoms with van der Waals surface area (Å²) >= 11 is 6.45. The molecule has 260 valence electrons. The first-order valence-corrected chi connectivity index (χ1v) is 17.3. The average molecular weight is 703 g/mol. The second kappa shape index (κ2) is 17.0. The molecule has 51 heavy (non-hydrogen) atoms. The van der Waals surface area contributed by atoms with E-state index in [1.165, 1.54) is 6.33 Å². The zero-order valence-corrected chi connectivity index (χ0v) is 28.8. The van der Waals surface area contributed by atoms with E-state index in [-0.39, 0.29) is 11.8 Å². The molecule has 0 spiro atoms. The number of aromatic nitrogens is 4. The zero-order valence-electron chi connectivity index (χ0n) is 28.0. The number of hydrogen-bond donors (Lipinski definition) is 0. The average Bonchev–Trinajstić information content (AvgIpc) is 3.58. The first-order chi connectivity index (χ1) is 25.1. The van der Waals surface area contributed by atoms with Gasteiger partial charge in [-0.05, 0) is 22.3 Å². The molecule has 3 heterocycles. The smallest absolute Gasteiger partial charge is 0.167 e. The van der Waals surface area contributed by atoms with Crippen molar-refractivity contribution >= 4 is 22.8 Å². The fraction of sp³-hybridized carbons (Fsp3) is 0.244. The van der Waals surface area contributed by atoms with Crippen LogP contribution in [0.5, 0.6) is 0 Å². The number of imidazole rings is 1. The van der Waals surface area contributed by atoms with Crippen molar-refractivity contribution in [1.29, 1.82) is 0 Å². The van der Waals surface area contributed by atoms with E-state index in [9.17, 15) is 0 Å². The van der Waals surface area contributed by atoms with Crippen LogP contribution < -0.4 is 0 Å². The molecule has 0 unspecified atom stereocenters. The summed E-state index contributed by atoms with van der Waals surface area (Å²) < 4.78 is 35.7. The molecule has 1 saturated heterocycles. The van der Waals surface area contributed by atoms with Crippen LogP contribution in [0.1, 0.15) is 28.5 Å². The summed E-state index contributed by atoms with van der Waals surface area (Å²) in [6.45, 7) is 6.12. The van der Waals surface area contributed by atoms with E-state index in [1.54, 1.807) is 6.33 Å². The lowest BCUT2D eigenvalue weighted by atomic mass is 9.98. The van der Waals surface area contributed by atoms with Crippen molar-refractivity contribution in [2.45, 2.75) is 57.1 Å². The van der Waals surface area contributed by atoms with Gasteiger partial charge in [-0.2, -0.15) is 0 Å². The van der Waals surface area contributed by atoms with Crippen molar-refractivity contribution in [3.8, 4) is 0 Å². The Hall–Kier alpha value is -4.74. The van der Waals surface area contributed by atoms with Crippen molar-refractivity contribution < 1.29 is 23.7 Å². The number of halogens is 1. The quantitative estimate of drug-likeness (QED) is 0.0836. The van der Waals surface area contributed by atoms with Crippen LogP contribution in [0.25, 0.3) is 11.2 Å². The van der Waals surface area contributed by atoms with Crippen molar-refractivity contribution in [3.05, 3.63) is 174 Å². The Balaban J connectivity index is 1.29. The molecule has 10 heteroatoms. The number of rotatable bonds is 14. The minimum Gasteiger partial charge on any atom is -0.374 e. The number of fused-ring (bicyclic) bond motifs is 1. The van der Waals surface area contributed by atoms with Gasteiger partial charge in [0, 0.05) is 5.57 Å². The third kappa shape index (κ3) is 8.60. The van der Waals surface area contributed by atoms with Gasteiger partial charge in [0.05, 0.1) is 39.4 Å². The third-order valence-corrected chi connectivity index (χ3v) is 9.05. The van der Waals surface area contributed by atoms with E-state index >= 15 is 0 Å². The number of hydrogen-bond acceptors (Lipinski definition) is 8. The molecule has 0 saturated carbocycles. The topological polar surface area (TPSA) is 89.8 Å². The summed E-state index contributed by atoms with van der Waals surface area (Å²) in [4.78, 5) is 13.2. The molecule has 0 amide bonds. The van der Waals surface area contributed by atoms with Crippen molar-refractivity contribution in [1.82, 2.24) is 19.5 Å². The molecule has 0 radical (unpaired) electrons. The van der Waals surface area contributed by atoms with Gasteiger partial charge in [-0.3, -0.25) is 4.57 Å².